The molecule has 1 N–H and O–H groups in total. The maximum absolute atomic E-state index is 11.5. The maximum atomic E-state index is 11.5. The SMILES string of the molecule is CCN1CC(C(C)(C)C(=O)O)c2cc(C)ccc21. The van der Waals surface area contributed by atoms with Crippen molar-refractivity contribution in [2.75, 3.05) is 18.0 Å². The number of carboxylic acids is 1. The lowest BCUT2D eigenvalue weighted by atomic mass is 9.76. The van der Waals surface area contributed by atoms with Gasteiger partial charge in [0.25, 0.3) is 0 Å². The number of carboxylic acid groups (broad SMARTS) is 1. The predicted molar refractivity (Wildman–Crippen MR) is 73.2 cm³/mol. The maximum Gasteiger partial charge on any atom is 0.309 e. The fourth-order valence-corrected chi connectivity index (χ4v) is 2.72. The van der Waals surface area contributed by atoms with Gasteiger partial charge in [-0.2, -0.15) is 0 Å². The number of nitrogens with zero attached hydrogens (tertiary/aromatic N) is 1. The zero-order chi connectivity index (χ0) is 13.5. The van der Waals surface area contributed by atoms with Crippen LogP contribution < -0.4 is 4.90 Å². The van der Waals surface area contributed by atoms with E-state index in [-0.39, 0.29) is 5.92 Å². The summed E-state index contributed by atoms with van der Waals surface area (Å²) in [6.45, 7) is 9.53. The minimum absolute atomic E-state index is 0.0600. The molecule has 3 heteroatoms. The number of hydrogen-bond donors (Lipinski definition) is 1. The Morgan fingerprint density at radius 2 is 2.17 bits per heavy atom. The van der Waals surface area contributed by atoms with Crippen LogP contribution in [0.15, 0.2) is 18.2 Å². The van der Waals surface area contributed by atoms with Gasteiger partial charge in [-0.05, 0) is 39.3 Å². The fraction of sp³-hybridized carbons (Fsp3) is 0.533. The Bertz CT molecular complexity index is 479. The van der Waals surface area contributed by atoms with Gasteiger partial charge in [-0.1, -0.05) is 17.7 Å². The number of rotatable bonds is 3. The second-order valence-corrected chi connectivity index (χ2v) is 5.68. The first kappa shape index (κ1) is 12.9. The lowest BCUT2D eigenvalue weighted by Gasteiger charge is -2.28. The van der Waals surface area contributed by atoms with Gasteiger partial charge in [0.2, 0.25) is 0 Å². The molecule has 1 unspecified atom stereocenters. The van der Waals surface area contributed by atoms with Crippen molar-refractivity contribution in [2.24, 2.45) is 5.41 Å². The van der Waals surface area contributed by atoms with Crippen molar-refractivity contribution >= 4 is 11.7 Å². The van der Waals surface area contributed by atoms with E-state index >= 15 is 0 Å². The highest BCUT2D eigenvalue weighted by Crippen LogP contribution is 2.46. The van der Waals surface area contributed by atoms with Crippen LogP contribution in [0.4, 0.5) is 5.69 Å². The summed E-state index contributed by atoms with van der Waals surface area (Å²) in [7, 11) is 0. The minimum Gasteiger partial charge on any atom is -0.481 e. The molecule has 0 fully saturated rings. The Balaban J connectivity index is 2.49. The zero-order valence-electron chi connectivity index (χ0n) is 11.5. The van der Waals surface area contributed by atoms with Crippen molar-refractivity contribution < 1.29 is 9.90 Å². The quantitative estimate of drug-likeness (QED) is 0.892. The van der Waals surface area contributed by atoms with Gasteiger partial charge >= 0.3 is 5.97 Å². The van der Waals surface area contributed by atoms with E-state index in [1.165, 1.54) is 16.8 Å². The largest absolute Gasteiger partial charge is 0.481 e. The van der Waals surface area contributed by atoms with Crippen LogP contribution in [0, 0.1) is 12.3 Å². The molecule has 1 heterocycles. The molecule has 18 heavy (non-hydrogen) atoms. The van der Waals surface area contributed by atoms with Crippen molar-refractivity contribution in [2.45, 2.75) is 33.6 Å². The summed E-state index contributed by atoms with van der Waals surface area (Å²) in [6.07, 6.45) is 0. The number of carbonyl (C=O) groups is 1. The van der Waals surface area contributed by atoms with E-state index in [9.17, 15) is 9.90 Å². The lowest BCUT2D eigenvalue weighted by molar-refractivity contribution is -0.148. The lowest BCUT2D eigenvalue weighted by Crippen LogP contribution is -2.34. The molecule has 0 amide bonds. The molecule has 0 radical (unpaired) electrons. The van der Waals surface area contributed by atoms with Crippen LogP contribution in [0.5, 0.6) is 0 Å². The Morgan fingerprint density at radius 3 is 2.72 bits per heavy atom. The second kappa shape index (κ2) is 4.30. The molecular weight excluding hydrogens is 226 g/mol. The molecule has 0 spiro atoms. The van der Waals surface area contributed by atoms with Crippen LogP contribution in [-0.2, 0) is 4.79 Å². The number of anilines is 1. The number of benzene rings is 1. The topological polar surface area (TPSA) is 40.5 Å². The van der Waals surface area contributed by atoms with Gasteiger partial charge in [-0.3, -0.25) is 4.79 Å². The van der Waals surface area contributed by atoms with E-state index in [1.54, 1.807) is 0 Å². The average Bonchev–Trinajstić information content (AvgIpc) is 2.67. The first-order valence-corrected chi connectivity index (χ1v) is 6.46. The molecular formula is C15H21NO2. The number of fused-ring (bicyclic) bond motifs is 1. The molecule has 0 saturated carbocycles. The normalized spacial score (nSPS) is 18.9. The second-order valence-electron chi connectivity index (χ2n) is 5.68. The Morgan fingerprint density at radius 1 is 1.50 bits per heavy atom. The summed E-state index contributed by atoms with van der Waals surface area (Å²) in [5, 5.41) is 9.44. The molecule has 1 aliphatic heterocycles. The molecule has 1 aromatic rings. The molecule has 1 aliphatic rings. The molecule has 0 aromatic heterocycles. The van der Waals surface area contributed by atoms with E-state index in [1.807, 2.05) is 13.8 Å². The predicted octanol–water partition coefficient (Wildman–Crippen LogP) is 3.03. The van der Waals surface area contributed by atoms with Crippen LogP contribution >= 0.6 is 0 Å². The number of likely N-dealkylation sites (N-methyl/N-ethyl adjacent to an activating group) is 1. The van der Waals surface area contributed by atoms with E-state index in [2.05, 4.69) is 36.9 Å². The summed E-state index contributed by atoms with van der Waals surface area (Å²) in [4.78, 5) is 13.7. The monoisotopic (exact) mass is 247 g/mol. The zero-order valence-corrected chi connectivity index (χ0v) is 11.5. The third kappa shape index (κ3) is 1.88. The molecule has 3 nitrogen and oxygen atoms in total. The molecule has 0 saturated heterocycles. The Kier molecular flexibility index (Phi) is 3.09. The van der Waals surface area contributed by atoms with Gasteiger partial charge in [0.05, 0.1) is 5.41 Å². The molecule has 2 rings (SSSR count). The van der Waals surface area contributed by atoms with E-state index in [0.29, 0.717) is 0 Å². The Hall–Kier alpha value is -1.51. The van der Waals surface area contributed by atoms with Crippen molar-refractivity contribution in [1.82, 2.24) is 0 Å². The highest BCUT2D eigenvalue weighted by Gasteiger charge is 2.43. The standard InChI is InChI=1S/C15H21NO2/c1-5-16-9-12(15(3,4)14(17)18)11-8-10(2)6-7-13(11)16/h6-8,12H,5,9H2,1-4H3,(H,17,18). The average molecular weight is 247 g/mol. The van der Waals surface area contributed by atoms with Gasteiger partial charge in [0, 0.05) is 24.7 Å². The van der Waals surface area contributed by atoms with E-state index in [4.69, 9.17) is 0 Å². The van der Waals surface area contributed by atoms with Crippen molar-refractivity contribution in [3.63, 3.8) is 0 Å². The highest BCUT2D eigenvalue weighted by molar-refractivity contribution is 5.77. The van der Waals surface area contributed by atoms with Crippen LogP contribution in [0.2, 0.25) is 0 Å². The van der Waals surface area contributed by atoms with Crippen LogP contribution in [0.25, 0.3) is 0 Å². The molecule has 0 bridgehead atoms. The molecule has 1 aromatic carbocycles. The van der Waals surface area contributed by atoms with Gasteiger partial charge in [0.1, 0.15) is 0 Å². The molecule has 98 valence electrons. The van der Waals surface area contributed by atoms with Crippen LogP contribution in [0.3, 0.4) is 0 Å². The van der Waals surface area contributed by atoms with Gasteiger partial charge < -0.3 is 10.0 Å². The summed E-state index contributed by atoms with van der Waals surface area (Å²) in [6, 6.07) is 6.35. The van der Waals surface area contributed by atoms with Gasteiger partial charge in [0.15, 0.2) is 0 Å². The number of aryl methyl sites for hydroxylation is 1. The van der Waals surface area contributed by atoms with E-state index < -0.39 is 11.4 Å². The fourth-order valence-electron chi connectivity index (χ4n) is 2.72. The van der Waals surface area contributed by atoms with Crippen molar-refractivity contribution in [3.8, 4) is 0 Å². The summed E-state index contributed by atoms with van der Waals surface area (Å²) in [5.74, 6) is -0.664. The smallest absolute Gasteiger partial charge is 0.309 e. The van der Waals surface area contributed by atoms with Gasteiger partial charge in [-0.25, -0.2) is 0 Å². The summed E-state index contributed by atoms with van der Waals surface area (Å²) in [5.41, 5.74) is 2.84. The third-order valence-electron chi connectivity index (χ3n) is 4.11. The van der Waals surface area contributed by atoms with Crippen LogP contribution in [-0.4, -0.2) is 24.2 Å². The van der Waals surface area contributed by atoms with Crippen molar-refractivity contribution in [1.29, 1.82) is 0 Å². The third-order valence-corrected chi connectivity index (χ3v) is 4.11. The summed E-state index contributed by atoms with van der Waals surface area (Å²) < 4.78 is 0. The highest BCUT2D eigenvalue weighted by atomic mass is 16.4. The molecule has 1 atom stereocenters. The molecule has 0 aliphatic carbocycles. The first-order chi connectivity index (χ1) is 8.37. The van der Waals surface area contributed by atoms with Crippen molar-refractivity contribution in [3.05, 3.63) is 29.3 Å². The number of hydrogen-bond acceptors (Lipinski definition) is 2. The minimum atomic E-state index is -0.730. The first-order valence-electron chi connectivity index (χ1n) is 6.46. The Labute approximate surface area is 108 Å². The number of aliphatic carboxylic acids is 1. The van der Waals surface area contributed by atoms with Gasteiger partial charge in [-0.15, -0.1) is 0 Å². The van der Waals surface area contributed by atoms with Crippen LogP contribution in [0.1, 0.15) is 37.8 Å². The summed E-state index contributed by atoms with van der Waals surface area (Å²) >= 11 is 0. The van der Waals surface area contributed by atoms with E-state index in [0.717, 1.165) is 13.1 Å².